The molecule has 2 amide bonds. The van der Waals surface area contributed by atoms with Gasteiger partial charge in [0.1, 0.15) is 12.6 Å². The molecule has 0 aliphatic heterocycles. The first-order chi connectivity index (χ1) is 16.3. The van der Waals surface area contributed by atoms with Crippen molar-refractivity contribution in [2.45, 2.75) is 53.1 Å². The number of halogens is 2. The van der Waals surface area contributed by atoms with Crippen molar-refractivity contribution in [2.75, 3.05) is 23.7 Å². The molecule has 2 rings (SSSR count). The van der Waals surface area contributed by atoms with Gasteiger partial charge in [0.15, 0.2) is 0 Å². The van der Waals surface area contributed by atoms with Crippen LogP contribution in [0.15, 0.2) is 36.4 Å². The quantitative estimate of drug-likeness (QED) is 0.417. The third-order valence-electron chi connectivity index (χ3n) is 5.79. The van der Waals surface area contributed by atoms with E-state index in [0.29, 0.717) is 27.8 Å². The van der Waals surface area contributed by atoms with Crippen molar-refractivity contribution in [1.82, 2.24) is 10.2 Å². The molecule has 0 aliphatic rings. The van der Waals surface area contributed by atoms with Crippen molar-refractivity contribution in [3.05, 3.63) is 63.1 Å². The normalized spacial score (nSPS) is 12.2. The van der Waals surface area contributed by atoms with Gasteiger partial charge in [-0.15, -0.1) is 0 Å². The van der Waals surface area contributed by atoms with Gasteiger partial charge in [0.25, 0.3) is 0 Å². The van der Waals surface area contributed by atoms with E-state index in [1.54, 1.807) is 37.3 Å². The zero-order chi connectivity index (χ0) is 26.3. The summed E-state index contributed by atoms with van der Waals surface area (Å²) < 4.78 is 26.4. The lowest BCUT2D eigenvalue weighted by Gasteiger charge is -2.31. The Labute approximate surface area is 218 Å². The third-order valence-corrected chi connectivity index (χ3v) is 7.67. The van der Waals surface area contributed by atoms with Crippen LogP contribution in [0.25, 0.3) is 0 Å². The van der Waals surface area contributed by atoms with Crippen molar-refractivity contribution >= 4 is 50.7 Å². The summed E-state index contributed by atoms with van der Waals surface area (Å²) in [6, 6.07) is 9.33. The van der Waals surface area contributed by atoms with Crippen LogP contribution in [-0.4, -0.2) is 50.5 Å². The van der Waals surface area contributed by atoms with Crippen molar-refractivity contribution in [1.29, 1.82) is 0 Å². The van der Waals surface area contributed by atoms with Crippen LogP contribution < -0.4 is 9.62 Å². The number of rotatable bonds is 11. The van der Waals surface area contributed by atoms with Crippen molar-refractivity contribution in [2.24, 2.45) is 0 Å². The van der Waals surface area contributed by atoms with Gasteiger partial charge in [0.05, 0.1) is 22.0 Å². The molecule has 1 N–H and O–H groups in total. The van der Waals surface area contributed by atoms with E-state index >= 15 is 0 Å². The number of carbonyl (C=O) groups is 2. The maximum atomic E-state index is 13.5. The molecular formula is C25H33Cl2N3O4S. The van der Waals surface area contributed by atoms with Crippen LogP contribution >= 0.6 is 23.2 Å². The van der Waals surface area contributed by atoms with Crippen molar-refractivity contribution < 1.29 is 18.0 Å². The summed E-state index contributed by atoms with van der Waals surface area (Å²) in [6.07, 6.45) is 2.79. The molecule has 0 saturated carbocycles. The average molecular weight is 543 g/mol. The molecule has 2 aromatic rings. The molecule has 0 heterocycles. The van der Waals surface area contributed by atoms with Crippen molar-refractivity contribution in [3.63, 3.8) is 0 Å². The van der Waals surface area contributed by atoms with Gasteiger partial charge in [0, 0.05) is 13.1 Å². The molecule has 0 radical (unpaired) electrons. The SMILES string of the molecule is CCCCNC(=O)[C@H](C)N(Cc1ccc(Cl)c(Cl)c1)C(=O)CN(c1ccc(C)c(C)c1)S(C)(=O)=O. The Balaban J connectivity index is 2.39. The first-order valence-corrected chi connectivity index (χ1v) is 14.0. The lowest BCUT2D eigenvalue weighted by Crippen LogP contribution is -2.51. The van der Waals surface area contributed by atoms with E-state index in [0.717, 1.165) is 34.5 Å². The second kappa shape index (κ2) is 12.6. The highest BCUT2D eigenvalue weighted by Crippen LogP contribution is 2.25. The number of nitrogens with one attached hydrogen (secondary N) is 1. The monoisotopic (exact) mass is 541 g/mol. The average Bonchev–Trinajstić information content (AvgIpc) is 2.78. The summed E-state index contributed by atoms with van der Waals surface area (Å²) in [4.78, 5) is 27.7. The molecule has 0 aliphatic carbocycles. The Hall–Kier alpha value is -2.29. The highest BCUT2D eigenvalue weighted by Gasteiger charge is 2.30. The van der Waals surface area contributed by atoms with Crippen LogP contribution in [0.4, 0.5) is 5.69 Å². The highest BCUT2D eigenvalue weighted by atomic mass is 35.5. The molecule has 7 nitrogen and oxygen atoms in total. The van der Waals surface area contributed by atoms with Gasteiger partial charge in [-0.3, -0.25) is 13.9 Å². The Morgan fingerprint density at radius 3 is 2.29 bits per heavy atom. The molecule has 0 unspecified atom stereocenters. The summed E-state index contributed by atoms with van der Waals surface area (Å²) >= 11 is 12.2. The number of benzene rings is 2. The number of aryl methyl sites for hydroxylation is 2. The van der Waals surface area contributed by atoms with Crippen LogP contribution in [0.2, 0.25) is 10.0 Å². The predicted octanol–water partition coefficient (Wildman–Crippen LogP) is 4.71. The van der Waals surface area contributed by atoms with E-state index in [9.17, 15) is 18.0 Å². The number of sulfonamides is 1. The molecule has 1 atom stereocenters. The number of amides is 2. The molecular weight excluding hydrogens is 509 g/mol. The molecule has 0 fully saturated rings. The molecule has 2 aromatic carbocycles. The van der Waals surface area contributed by atoms with E-state index in [1.165, 1.54) is 4.90 Å². The number of hydrogen-bond acceptors (Lipinski definition) is 4. The topological polar surface area (TPSA) is 86.8 Å². The Kier molecular flexibility index (Phi) is 10.4. The lowest BCUT2D eigenvalue weighted by molar-refractivity contribution is -0.139. The minimum atomic E-state index is -3.78. The van der Waals surface area contributed by atoms with Crippen LogP contribution in [0.3, 0.4) is 0 Å². The van der Waals surface area contributed by atoms with Gasteiger partial charge < -0.3 is 10.2 Å². The fraction of sp³-hybridized carbons (Fsp3) is 0.440. The van der Waals surface area contributed by atoms with Crippen LogP contribution in [0.5, 0.6) is 0 Å². The molecule has 0 spiro atoms. The van der Waals surface area contributed by atoms with Crippen LogP contribution in [-0.2, 0) is 26.2 Å². The molecule has 0 saturated heterocycles. The van der Waals surface area contributed by atoms with Gasteiger partial charge in [0.2, 0.25) is 21.8 Å². The number of carbonyl (C=O) groups excluding carboxylic acids is 2. The van der Waals surface area contributed by atoms with Crippen LogP contribution in [0, 0.1) is 13.8 Å². The standard InChI is InChI=1S/C25H33Cl2N3O4S/c1-6-7-12-28-25(32)19(4)29(15-20-9-11-22(26)23(27)14-20)24(31)16-30(35(5,33)34)21-10-8-17(2)18(3)13-21/h8-11,13-14,19H,6-7,12,15-16H2,1-5H3,(H,28,32)/t19-/m0/s1. The minimum Gasteiger partial charge on any atom is -0.354 e. The fourth-order valence-electron chi connectivity index (χ4n) is 3.45. The Bertz CT molecular complexity index is 1170. The lowest BCUT2D eigenvalue weighted by atomic mass is 10.1. The summed E-state index contributed by atoms with van der Waals surface area (Å²) in [5.41, 5.74) is 2.96. The smallest absolute Gasteiger partial charge is 0.244 e. The molecule has 192 valence electrons. The van der Waals surface area contributed by atoms with Gasteiger partial charge in [-0.25, -0.2) is 8.42 Å². The third kappa shape index (κ3) is 8.12. The predicted molar refractivity (Wildman–Crippen MR) is 142 cm³/mol. The summed E-state index contributed by atoms with van der Waals surface area (Å²) in [5, 5.41) is 3.54. The summed E-state index contributed by atoms with van der Waals surface area (Å²) in [6.45, 7) is 7.54. The second-order valence-electron chi connectivity index (χ2n) is 8.63. The number of nitrogens with zero attached hydrogens (tertiary/aromatic N) is 2. The molecule has 0 aromatic heterocycles. The zero-order valence-corrected chi connectivity index (χ0v) is 23.1. The summed E-state index contributed by atoms with van der Waals surface area (Å²) in [5.74, 6) is -0.832. The Morgan fingerprint density at radius 1 is 1.03 bits per heavy atom. The van der Waals surface area contributed by atoms with E-state index < -0.39 is 28.5 Å². The number of anilines is 1. The minimum absolute atomic E-state index is 0.0581. The van der Waals surface area contributed by atoms with Gasteiger partial charge in [-0.2, -0.15) is 0 Å². The first-order valence-electron chi connectivity index (χ1n) is 11.4. The largest absolute Gasteiger partial charge is 0.354 e. The van der Waals surface area contributed by atoms with E-state index in [-0.39, 0.29) is 12.5 Å². The molecule has 10 heteroatoms. The van der Waals surface area contributed by atoms with E-state index in [4.69, 9.17) is 23.2 Å². The van der Waals surface area contributed by atoms with E-state index in [1.807, 2.05) is 26.8 Å². The zero-order valence-electron chi connectivity index (χ0n) is 20.8. The number of unbranched alkanes of at least 4 members (excludes halogenated alkanes) is 1. The maximum absolute atomic E-state index is 13.5. The fourth-order valence-corrected chi connectivity index (χ4v) is 4.61. The Morgan fingerprint density at radius 2 is 1.71 bits per heavy atom. The van der Waals surface area contributed by atoms with E-state index in [2.05, 4.69) is 5.32 Å². The van der Waals surface area contributed by atoms with Gasteiger partial charge in [-0.1, -0.05) is 48.7 Å². The highest BCUT2D eigenvalue weighted by molar-refractivity contribution is 7.92. The van der Waals surface area contributed by atoms with Crippen LogP contribution in [0.1, 0.15) is 43.4 Å². The van der Waals surface area contributed by atoms with Gasteiger partial charge in [-0.05, 0) is 68.1 Å². The maximum Gasteiger partial charge on any atom is 0.244 e. The number of hydrogen-bond donors (Lipinski definition) is 1. The molecule has 35 heavy (non-hydrogen) atoms. The first kappa shape index (κ1) is 28.9. The van der Waals surface area contributed by atoms with Gasteiger partial charge >= 0.3 is 0 Å². The second-order valence-corrected chi connectivity index (χ2v) is 11.4. The van der Waals surface area contributed by atoms with Crippen molar-refractivity contribution in [3.8, 4) is 0 Å². The molecule has 0 bridgehead atoms. The summed E-state index contributed by atoms with van der Waals surface area (Å²) in [7, 11) is -3.78.